The molecule has 17 heavy (non-hydrogen) atoms. The minimum atomic E-state index is -0.531. The predicted molar refractivity (Wildman–Crippen MR) is 65.4 cm³/mol. The Morgan fingerprint density at radius 2 is 2.41 bits per heavy atom. The van der Waals surface area contributed by atoms with Gasteiger partial charge in [0.1, 0.15) is 10.7 Å². The minimum absolute atomic E-state index is 0.270. The molecule has 0 fully saturated rings. The van der Waals surface area contributed by atoms with Crippen molar-refractivity contribution in [1.29, 1.82) is 0 Å². The van der Waals surface area contributed by atoms with Crippen molar-refractivity contribution in [3.05, 3.63) is 23.0 Å². The molecule has 0 saturated carbocycles. The number of halogens is 1. The van der Waals surface area contributed by atoms with Crippen LogP contribution in [0.15, 0.2) is 12.3 Å². The molecular weight excluding hydrogens is 244 g/mol. The third-order valence-electron chi connectivity index (χ3n) is 1.95. The van der Waals surface area contributed by atoms with E-state index in [1.807, 2.05) is 0 Å². The summed E-state index contributed by atoms with van der Waals surface area (Å²) in [6.45, 7) is 3.97. The fourth-order valence-electron chi connectivity index (χ4n) is 1.21. The van der Waals surface area contributed by atoms with Crippen molar-refractivity contribution in [3.63, 3.8) is 0 Å². The summed E-state index contributed by atoms with van der Waals surface area (Å²) in [5, 5.41) is 12.4. The first-order valence-corrected chi connectivity index (χ1v) is 5.67. The Labute approximate surface area is 105 Å². The number of nitrogens with one attached hydrogen (secondary N) is 1. The molecule has 1 unspecified atom stereocenters. The normalized spacial score (nSPS) is 12.0. The van der Waals surface area contributed by atoms with Crippen molar-refractivity contribution in [2.45, 2.75) is 20.0 Å². The number of carbonyl (C=O) groups excluding carboxylic acids is 1. The maximum absolute atomic E-state index is 11.6. The number of hydrogen-bond acceptors (Lipinski definition) is 5. The number of ether oxygens (including phenoxy) is 1. The fourth-order valence-corrected chi connectivity index (χ4v) is 1.36. The second-order valence-corrected chi connectivity index (χ2v) is 3.89. The summed E-state index contributed by atoms with van der Waals surface area (Å²) >= 11 is 5.75. The van der Waals surface area contributed by atoms with Crippen LogP contribution >= 0.6 is 11.6 Å². The molecule has 1 aromatic heterocycles. The van der Waals surface area contributed by atoms with Gasteiger partial charge in [0.15, 0.2) is 0 Å². The number of esters is 1. The summed E-state index contributed by atoms with van der Waals surface area (Å²) in [7, 11) is 0. The minimum Gasteiger partial charge on any atom is -0.462 e. The highest BCUT2D eigenvalue weighted by atomic mass is 35.5. The molecule has 2 N–H and O–H groups in total. The third-order valence-corrected chi connectivity index (χ3v) is 2.16. The van der Waals surface area contributed by atoms with E-state index in [1.54, 1.807) is 13.8 Å². The number of pyridine rings is 1. The molecule has 1 atom stereocenters. The van der Waals surface area contributed by atoms with E-state index >= 15 is 0 Å². The predicted octanol–water partition coefficient (Wildman–Crippen LogP) is 1.70. The summed E-state index contributed by atoms with van der Waals surface area (Å²) in [4.78, 5) is 15.4. The maximum atomic E-state index is 11.6. The summed E-state index contributed by atoms with van der Waals surface area (Å²) in [5.41, 5.74) is 0.807. The molecule has 0 bridgehead atoms. The van der Waals surface area contributed by atoms with Gasteiger partial charge >= 0.3 is 5.97 Å². The van der Waals surface area contributed by atoms with Crippen LogP contribution in [0, 0.1) is 0 Å². The van der Waals surface area contributed by atoms with E-state index in [4.69, 9.17) is 16.3 Å². The average molecular weight is 259 g/mol. The van der Waals surface area contributed by atoms with Gasteiger partial charge in [-0.2, -0.15) is 0 Å². The van der Waals surface area contributed by atoms with Crippen LogP contribution in [0.4, 0.5) is 5.69 Å². The zero-order valence-corrected chi connectivity index (χ0v) is 10.5. The van der Waals surface area contributed by atoms with Crippen LogP contribution in [0.3, 0.4) is 0 Å². The smallest absolute Gasteiger partial charge is 0.341 e. The Morgan fingerprint density at radius 1 is 1.71 bits per heavy atom. The first-order chi connectivity index (χ1) is 8.04. The number of hydrogen-bond donors (Lipinski definition) is 2. The number of aromatic nitrogens is 1. The topological polar surface area (TPSA) is 71.5 Å². The van der Waals surface area contributed by atoms with Crippen LogP contribution in [-0.2, 0) is 4.74 Å². The van der Waals surface area contributed by atoms with Gasteiger partial charge in [-0.25, -0.2) is 9.78 Å². The highest BCUT2D eigenvalue weighted by molar-refractivity contribution is 6.29. The number of nitrogens with zero attached hydrogens (tertiary/aromatic N) is 1. The van der Waals surface area contributed by atoms with E-state index in [-0.39, 0.29) is 11.8 Å². The van der Waals surface area contributed by atoms with Gasteiger partial charge < -0.3 is 15.2 Å². The van der Waals surface area contributed by atoms with Crippen molar-refractivity contribution in [2.24, 2.45) is 0 Å². The van der Waals surface area contributed by atoms with Gasteiger partial charge in [-0.1, -0.05) is 11.6 Å². The molecule has 0 aliphatic heterocycles. The maximum Gasteiger partial charge on any atom is 0.341 e. The lowest BCUT2D eigenvalue weighted by molar-refractivity contribution is 0.0527. The summed E-state index contributed by atoms with van der Waals surface area (Å²) < 4.78 is 4.89. The second kappa shape index (κ2) is 6.42. The van der Waals surface area contributed by atoms with Gasteiger partial charge in [0.2, 0.25) is 0 Å². The Hall–Kier alpha value is -1.33. The monoisotopic (exact) mass is 258 g/mol. The highest BCUT2D eigenvalue weighted by Crippen LogP contribution is 2.19. The Kier molecular flexibility index (Phi) is 5.18. The zero-order chi connectivity index (χ0) is 12.8. The average Bonchev–Trinajstić information content (AvgIpc) is 2.26. The summed E-state index contributed by atoms with van der Waals surface area (Å²) in [5.74, 6) is -0.468. The Morgan fingerprint density at radius 3 is 3.00 bits per heavy atom. The first kappa shape index (κ1) is 13.7. The van der Waals surface area contributed by atoms with Crippen LogP contribution in [0.25, 0.3) is 0 Å². The molecule has 0 aromatic carbocycles. The summed E-state index contributed by atoms with van der Waals surface area (Å²) in [6.07, 6.45) is 0.821. The molecule has 1 aromatic rings. The van der Waals surface area contributed by atoms with Gasteiger partial charge in [-0.05, 0) is 19.9 Å². The molecule has 6 heteroatoms. The number of aliphatic hydroxyl groups excluding tert-OH is 1. The van der Waals surface area contributed by atoms with Gasteiger partial charge in [-0.15, -0.1) is 0 Å². The molecular formula is C11H15ClN2O3. The fraction of sp³-hybridized carbons (Fsp3) is 0.455. The molecule has 94 valence electrons. The quantitative estimate of drug-likeness (QED) is 0.621. The molecule has 0 aliphatic carbocycles. The molecule has 0 amide bonds. The van der Waals surface area contributed by atoms with Crippen molar-refractivity contribution < 1.29 is 14.6 Å². The highest BCUT2D eigenvalue weighted by Gasteiger charge is 2.14. The van der Waals surface area contributed by atoms with Crippen molar-refractivity contribution in [2.75, 3.05) is 18.5 Å². The van der Waals surface area contributed by atoms with E-state index in [9.17, 15) is 9.90 Å². The van der Waals surface area contributed by atoms with E-state index in [1.165, 1.54) is 12.3 Å². The van der Waals surface area contributed by atoms with Crippen LogP contribution in [0.2, 0.25) is 5.15 Å². The number of rotatable bonds is 5. The largest absolute Gasteiger partial charge is 0.462 e. The number of carbonyl (C=O) groups is 1. The van der Waals surface area contributed by atoms with E-state index < -0.39 is 12.1 Å². The lowest BCUT2D eigenvalue weighted by Crippen LogP contribution is -2.18. The third kappa shape index (κ3) is 4.20. The lowest BCUT2D eigenvalue weighted by atomic mass is 10.2. The van der Waals surface area contributed by atoms with Crippen molar-refractivity contribution >= 4 is 23.3 Å². The Balaban J connectivity index is 2.91. The molecule has 0 radical (unpaired) electrons. The number of anilines is 1. The van der Waals surface area contributed by atoms with Crippen LogP contribution in [-0.4, -0.2) is 35.3 Å². The molecule has 0 saturated heterocycles. The van der Waals surface area contributed by atoms with Crippen LogP contribution < -0.4 is 5.32 Å². The van der Waals surface area contributed by atoms with Crippen LogP contribution in [0.5, 0.6) is 0 Å². The lowest BCUT2D eigenvalue weighted by Gasteiger charge is -2.12. The first-order valence-electron chi connectivity index (χ1n) is 5.29. The molecule has 5 nitrogen and oxygen atoms in total. The van der Waals surface area contributed by atoms with Crippen molar-refractivity contribution in [3.8, 4) is 0 Å². The number of aliphatic hydroxyl groups is 1. The van der Waals surface area contributed by atoms with Gasteiger partial charge in [0.25, 0.3) is 0 Å². The van der Waals surface area contributed by atoms with Crippen molar-refractivity contribution in [1.82, 2.24) is 4.98 Å². The molecule has 1 heterocycles. The second-order valence-electron chi connectivity index (χ2n) is 3.50. The van der Waals surface area contributed by atoms with Crippen LogP contribution in [0.1, 0.15) is 24.2 Å². The standard InChI is InChI=1S/C11H15ClN2O3/c1-3-17-11(16)8-6-14-10(12)4-9(8)13-5-7(2)15/h4,6-7,15H,3,5H2,1-2H3,(H,13,14). The molecule has 0 aliphatic rings. The van der Waals surface area contributed by atoms with Gasteiger partial charge in [0.05, 0.1) is 18.4 Å². The van der Waals surface area contributed by atoms with Gasteiger partial charge in [0, 0.05) is 12.7 Å². The SMILES string of the molecule is CCOC(=O)c1cnc(Cl)cc1NCC(C)O. The van der Waals surface area contributed by atoms with E-state index in [0.29, 0.717) is 17.8 Å². The summed E-state index contributed by atoms with van der Waals surface area (Å²) in [6, 6.07) is 1.52. The zero-order valence-electron chi connectivity index (χ0n) is 9.74. The molecule has 0 spiro atoms. The van der Waals surface area contributed by atoms with E-state index in [0.717, 1.165) is 0 Å². The van der Waals surface area contributed by atoms with Gasteiger partial charge in [-0.3, -0.25) is 0 Å². The van der Waals surface area contributed by atoms with E-state index in [2.05, 4.69) is 10.3 Å². The molecule has 1 rings (SSSR count). The Bertz CT molecular complexity index is 396.